The molecule has 0 radical (unpaired) electrons. The summed E-state index contributed by atoms with van der Waals surface area (Å²) in [6.45, 7) is 5.90. The number of carbonyl (C=O) groups excluding carboxylic acids is 1. The minimum Gasteiger partial charge on any atom is -0.357 e. The fourth-order valence-electron chi connectivity index (χ4n) is 2.28. The number of guanidine groups is 1. The first-order valence-corrected chi connectivity index (χ1v) is 10.1. The number of benzene rings is 1. The number of rotatable bonds is 9. The molecule has 6 nitrogen and oxygen atoms in total. The van der Waals surface area contributed by atoms with Crippen LogP contribution in [-0.2, 0) is 4.79 Å². The number of hydrogen-bond donors (Lipinski definition) is 3. The van der Waals surface area contributed by atoms with Crippen molar-refractivity contribution in [1.29, 1.82) is 0 Å². The quantitative estimate of drug-likeness (QED) is 0.268. The van der Waals surface area contributed by atoms with E-state index in [0.29, 0.717) is 18.8 Å². The smallest absolute Gasteiger partial charge is 0.227 e. The van der Waals surface area contributed by atoms with E-state index < -0.39 is 0 Å². The first-order valence-electron chi connectivity index (χ1n) is 9.11. The van der Waals surface area contributed by atoms with Crippen molar-refractivity contribution < 1.29 is 4.79 Å². The molecule has 7 heteroatoms. The summed E-state index contributed by atoms with van der Waals surface area (Å²) in [4.78, 5) is 22.0. The summed E-state index contributed by atoms with van der Waals surface area (Å²) < 4.78 is 0. The minimum absolute atomic E-state index is 0.0904. The van der Waals surface area contributed by atoms with Gasteiger partial charge in [-0.15, -0.1) is 11.8 Å². The van der Waals surface area contributed by atoms with Gasteiger partial charge in [0.15, 0.2) is 5.96 Å². The third-order valence-corrected chi connectivity index (χ3v) is 4.53. The van der Waals surface area contributed by atoms with Gasteiger partial charge < -0.3 is 16.0 Å². The zero-order valence-corrected chi connectivity index (χ0v) is 16.7. The van der Waals surface area contributed by atoms with Gasteiger partial charge in [0.1, 0.15) is 5.82 Å². The van der Waals surface area contributed by atoms with Crippen LogP contribution in [0.15, 0.2) is 58.4 Å². The molecule has 1 heterocycles. The highest BCUT2D eigenvalue weighted by molar-refractivity contribution is 7.99. The summed E-state index contributed by atoms with van der Waals surface area (Å²) in [6, 6.07) is 15.9. The van der Waals surface area contributed by atoms with E-state index in [0.717, 1.165) is 30.5 Å². The third kappa shape index (κ3) is 8.59. The monoisotopic (exact) mass is 385 g/mol. The molecule has 1 aromatic heterocycles. The molecule has 0 saturated carbocycles. The summed E-state index contributed by atoms with van der Waals surface area (Å²) >= 11 is 1.80. The number of anilines is 1. The molecule has 0 fully saturated rings. The Bertz CT molecular complexity index is 736. The number of nitrogens with zero attached hydrogens (tertiary/aromatic N) is 2. The van der Waals surface area contributed by atoms with Gasteiger partial charge in [0.05, 0.1) is 6.54 Å². The van der Waals surface area contributed by atoms with E-state index in [4.69, 9.17) is 0 Å². The number of carbonyl (C=O) groups is 1. The predicted octanol–water partition coefficient (Wildman–Crippen LogP) is 3.07. The molecule has 27 heavy (non-hydrogen) atoms. The molecular formula is C20H27N5OS. The van der Waals surface area contributed by atoms with Gasteiger partial charge in [0, 0.05) is 35.9 Å². The van der Waals surface area contributed by atoms with Gasteiger partial charge in [-0.25, -0.2) is 4.98 Å². The summed E-state index contributed by atoms with van der Waals surface area (Å²) in [5.74, 6) is 2.15. The molecular weight excluding hydrogens is 358 g/mol. The van der Waals surface area contributed by atoms with Crippen LogP contribution in [-0.4, -0.2) is 42.2 Å². The molecule has 2 rings (SSSR count). The molecule has 1 amide bonds. The third-order valence-electron chi connectivity index (χ3n) is 3.52. The summed E-state index contributed by atoms with van der Waals surface area (Å²) in [5.41, 5.74) is 0.873. The molecule has 0 aliphatic heterocycles. The van der Waals surface area contributed by atoms with Gasteiger partial charge in [-0.2, -0.15) is 0 Å². The topological polar surface area (TPSA) is 78.4 Å². The average Bonchev–Trinajstić information content (AvgIpc) is 2.66. The zero-order chi connectivity index (χ0) is 19.3. The van der Waals surface area contributed by atoms with Gasteiger partial charge in [0.2, 0.25) is 5.91 Å². The maximum Gasteiger partial charge on any atom is 0.227 e. The van der Waals surface area contributed by atoms with Crippen LogP contribution < -0.4 is 16.0 Å². The largest absolute Gasteiger partial charge is 0.357 e. The lowest BCUT2D eigenvalue weighted by molar-refractivity contribution is -0.116. The second-order valence-electron chi connectivity index (χ2n) is 5.81. The lowest BCUT2D eigenvalue weighted by Crippen LogP contribution is -2.38. The van der Waals surface area contributed by atoms with Crippen molar-refractivity contribution in [2.24, 2.45) is 4.99 Å². The molecule has 0 unspecified atom stereocenters. The van der Waals surface area contributed by atoms with Crippen molar-refractivity contribution in [2.75, 3.05) is 30.7 Å². The van der Waals surface area contributed by atoms with Crippen molar-refractivity contribution >= 4 is 29.4 Å². The fourth-order valence-corrected chi connectivity index (χ4v) is 3.07. The van der Waals surface area contributed by atoms with E-state index in [1.54, 1.807) is 17.8 Å². The molecule has 0 atom stereocenters. The fraction of sp³-hybridized carbons (Fsp3) is 0.350. The number of aromatic nitrogens is 1. The lowest BCUT2D eigenvalue weighted by atomic mass is 10.3. The van der Waals surface area contributed by atoms with Gasteiger partial charge in [0.25, 0.3) is 0 Å². The molecule has 0 bridgehead atoms. The maximum absolute atomic E-state index is 12.0. The Morgan fingerprint density at radius 2 is 1.93 bits per heavy atom. The highest BCUT2D eigenvalue weighted by Gasteiger charge is 2.04. The number of hydrogen-bond acceptors (Lipinski definition) is 4. The van der Waals surface area contributed by atoms with Crippen molar-refractivity contribution in [3.8, 4) is 0 Å². The summed E-state index contributed by atoms with van der Waals surface area (Å²) in [7, 11) is 0. The zero-order valence-electron chi connectivity index (χ0n) is 15.9. The SMILES string of the molecule is CCNC(=NCCC(=O)Nc1cccc(C)n1)NCCSc1ccccc1. The van der Waals surface area contributed by atoms with Crippen LogP contribution in [0.2, 0.25) is 0 Å². The Morgan fingerprint density at radius 1 is 1.11 bits per heavy atom. The molecule has 0 spiro atoms. The van der Waals surface area contributed by atoms with Crippen molar-refractivity contribution in [3.63, 3.8) is 0 Å². The minimum atomic E-state index is -0.0904. The van der Waals surface area contributed by atoms with Crippen molar-refractivity contribution in [1.82, 2.24) is 15.6 Å². The van der Waals surface area contributed by atoms with E-state index in [1.807, 2.05) is 44.2 Å². The molecule has 1 aromatic carbocycles. The highest BCUT2D eigenvalue weighted by Crippen LogP contribution is 2.15. The molecule has 0 aliphatic rings. The number of aryl methyl sites for hydroxylation is 1. The van der Waals surface area contributed by atoms with Crippen LogP contribution in [0.25, 0.3) is 0 Å². The van der Waals surface area contributed by atoms with Gasteiger partial charge in [-0.3, -0.25) is 9.79 Å². The van der Waals surface area contributed by atoms with E-state index in [-0.39, 0.29) is 5.91 Å². The van der Waals surface area contributed by atoms with Crippen LogP contribution >= 0.6 is 11.8 Å². The van der Waals surface area contributed by atoms with E-state index >= 15 is 0 Å². The second kappa shape index (κ2) is 12.0. The molecule has 144 valence electrons. The van der Waals surface area contributed by atoms with E-state index in [1.165, 1.54) is 4.90 Å². The summed E-state index contributed by atoms with van der Waals surface area (Å²) in [5, 5.41) is 9.29. The first kappa shape index (κ1) is 20.8. The van der Waals surface area contributed by atoms with E-state index in [9.17, 15) is 4.79 Å². The van der Waals surface area contributed by atoms with Crippen LogP contribution in [0.5, 0.6) is 0 Å². The Labute approximate surface area is 165 Å². The number of amides is 1. The first-order chi connectivity index (χ1) is 13.2. The number of thioether (sulfide) groups is 1. The van der Waals surface area contributed by atoms with Crippen LogP contribution in [0.4, 0.5) is 5.82 Å². The maximum atomic E-state index is 12.0. The number of nitrogens with one attached hydrogen (secondary N) is 3. The normalized spacial score (nSPS) is 11.1. The van der Waals surface area contributed by atoms with Crippen molar-refractivity contribution in [3.05, 3.63) is 54.2 Å². The van der Waals surface area contributed by atoms with Crippen LogP contribution in [0.1, 0.15) is 19.0 Å². The number of pyridine rings is 1. The predicted molar refractivity (Wildman–Crippen MR) is 113 cm³/mol. The molecule has 0 aliphatic carbocycles. The van der Waals surface area contributed by atoms with Gasteiger partial charge >= 0.3 is 0 Å². The van der Waals surface area contributed by atoms with Gasteiger partial charge in [-0.1, -0.05) is 24.3 Å². The number of aliphatic imine (C=N–C) groups is 1. The Hall–Kier alpha value is -2.54. The molecule has 3 N–H and O–H groups in total. The Morgan fingerprint density at radius 3 is 2.67 bits per heavy atom. The molecule has 2 aromatic rings. The van der Waals surface area contributed by atoms with Gasteiger partial charge in [-0.05, 0) is 38.1 Å². The standard InChI is InChI=1S/C20H27N5OS/c1-3-21-20(23-14-15-27-17-9-5-4-6-10-17)22-13-12-19(26)25-18-11-7-8-16(2)24-18/h4-11H,3,12-15H2,1-2H3,(H2,21,22,23)(H,24,25,26). The Kier molecular flexibility index (Phi) is 9.20. The molecule has 0 saturated heterocycles. The Balaban J connectivity index is 1.71. The van der Waals surface area contributed by atoms with E-state index in [2.05, 4.69) is 38.1 Å². The van der Waals surface area contributed by atoms with Crippen molar-refractivity contribution in [2.45, 2.75) is 25.2 Å². The second-order valence-corrected chi connectivity index (χ2v) is 6.98. The van der Waals surface area contributed by atoms with Crippen LogP contribution in [0.3, 0.4) is 0 Å². The average molecular weight is 386 g/mol. The summed E-state index contributed by atoms with van der Waals surface area (Å²) in [6.07, 6.45) is 0.310. The van der Waals surface area contributed by atoms with Crippen LogP contribution in [0, 0.1) is 6.92 Å². The lowest BCUT2D eigenvalue weighted by Gasteiger charge is -2.11. The highest BCUT2D eigenvalue weighted by atomic mass is 32.2.